The van der Waals surface area contributed by atoms with Crippen molar-refractivity contribution in [3.63, 3.8) is 0 Å². The topological polar surface area (TPSA) is 79.2 Å². The molecule has 0 fully saturated rings. The maximum Gasteiger partial charge on any atom is 1.00 e. The van der Waals surface area contributed by atoms with Crippen molar-refractivity contribution >= 4 is 38.5 Å². The van der Waals surface area contributed by atoms with E-state index in [2.05, 4.69) is 0 Å². The van der Waals surface area contributed by atoms with Crippen LogP contribution in [0, 0.1) is 0 Å². The monoisotopic (exact) mass is 385 g/mol. The molecule has 0 amide bonds. The van der Waals surface area contributed by atoms with Gasteiger partial charge in [-0.05, 0) is 49.2 Å². The number of hydrogen-bond acceptors (Lipinski definition) is 4. The van der Waals surface area contributed by atoms with Gasteiger partial charge in [-0.3, -0.25) is 0 Å². The van der Waals surface area contributed by atoms with Gasteiger partial charge in [0.25, 0.3) is 10.0 Å². The molecule has 0 radical (unpaired) electrons. The van der Waals surface area contributed by atoms with Crippen molar-refractivity contribution in [1.82, 2.24) is 3.97 Å². The number of benzene rings is 2. The molecule has 0 spiro atoms. The molecule has 0 aliphatic rings. The Balaban J connectivity index is 0.00000225. The summed E-state index contributed by atoms with van der Waals surface area (Å²) in [6.45, 7) is 0. The summed E-state index contributed by atoms with van der Waals surface area (Å²) in [4.78, 5) is 10.9. The van der Waals surface area contributed by atoms with Crippen molar-refractivity contribution in [3.05, 3.63) is 65.3 Å². The van der Waals surface area contributed by atoms with E-state index in [4.69, 9.17) is 11.6 Å². The van der Waals surface area contributed by atoms with Gasteiger partial charge in [0.2, 0.25) is 0 Å². The van der Waals surface area contributed by atoms with Crippen LogP contribution < -0.4 is 34.7 Å². The number of aromatic nitrogens is 1. The molecule has 3 rings (SSSR count). The molecule has 0 saturated heterocycles. The Hall–Kier alpha value is -1.31. The predicted molar refractivity (Wildman–Crippen MR) is 89.3 cm³/mol. The van der Waals surface area contributed by atoms with Crippen LogP contribution in [-0.2, 0) is 21.2 Å². The number of rotatable bonds is 5. The molecule has 0 bridgehead atoms. The fraction of sp³-hybridized carbons (Fsp3) is 0.118. The number of hydrogen-bond donors (Lipinski definition) is 0. The van der Waals surface area contributed by atoms with Crippen LogP contribution in [-0.4, -0.2) is 18.4 Å². The third kappa shape index (κ3) is 4.10. The zero-order valence-electron chi connectivity index (χ0n) is 13.5. The standard InChI is InChI=1S/C17H14ClNO4S.Na/c18-13-6-8-16-12(10-13)11-14(7-9-17(20)21)19(16)24(22,23)15-4-2-1-3-5-15;/h1-6,8,10-11H,7,9H2,(H,20,21);/q;+1/p-1. The zero-order chi connectivity index (χ0) is 17.3. The smallest absolute Gasteiger partial charge is 0.550 e. The van der Waals surface area contributed by atoms with E-state index >= 15 is 0 Å². The fourth-order valence-corrected chi connectivity index (χ4v) is 4.37. The Bertz CT molecular complexity index is 1020. The van der Waals surface area contributed by atoms with E-state index in [0.717, 1.165) is 0 Å². The van der Waals surface area contributed by atoms with Gasteiger partial charge in [0, 0.05) is 22.1 Å². The first kappa shape index (κ1) is 20.0. The van der Waals surface area contributed by atoms with Crippen LogP contribution in [0.2, 0.25) is 5.02 Å². The predicted octanol–water partition coefficient (Wildman–Crippen LogP) is -0.782. The van der Waals surface area contributed by atoms with E-state index in [-0.39, 0.29) is 47.3 Å². The second-order valence-electron chi connectivity index (χ2n) is 5.29. The van der Waals surface area contributed by atoms with Gasteiger partial charge in [0.1, 0.15) is 0 Å². The van der Waals surface area contributed by atoms with Gasteiger partial charge in [-0.15, -0.1) is 0 Å². The van der Waals surface area contributed by atoms with Crippen molar-refractivity contribution in [2.45, 2.75) is 17.7 Å². The minimum Gasteiger partial charge on any atom is -0.550 e. The third-order valence-corrected chi connectivity index (χ3v) is 5.67. The number of halogens is 1. The Morgan fingerprint density at radius 1 is 1.08 bits per heavy atom. The van der Waals surface area contributed by atoms with Crippen molar-refractivity contribution in [2.75, 3.05) is 0 Å². The summed E-state index contributed by atoms with van der Waals surface area (Å²) >= 11 is 5.98. The van der Waals surface area contributed by atoms with E-state index in [9.17, 15) is 18.3 Å². The summed E-state index contributed by atoms with van der Waals surface area (Å²) in [6, 6.07) is 14.5. The molecule has 0 aliphatic heterocycles. The molecule has 124 valence electrons. The summed E-state index contributed by atoms with van der Waals surface area (Å²) in [5.74, 6) is -1.23. The van der Waals surface area contributed by atoms with E-state index < -0.39 is 16.0 Å². The number of carbonyl (C=O) groups is 1. The van der Waals surface area contributed by atoms with Crippen LogP contribution in [0.1, 0.15) is 12.1 Å². The van der Waals surface area contributed by atoms with E-state index in [1.54, 1.807) is 42.5 Å². The molecule has 0 aliphatic carbocycles. The van der Waals surface area contributed by atoms with Crippen LogP contribution >= 0.6 is 11.6 Å². The number of aliphatic carboxylic acids is 1. The third-order valence-electron chi connectivity index (χ3n) is 3.66. The van der Waals surface area contributed by atoms with Gasteiger partial charge in [-0.1, -0.05) is 29.8 Å². The van der Waals surface area contributed by atoms with Crippen LogP contribution in [0.15, 0.2) is 59.5 Å². The second-order valence-corrected chi connectivity index (χ2v) is 7.52. The molecule has 25 heavy (non-hydrogen) atoms. The first-order valence-corrected chi connectivity index (χ1v) is 9.02. The first-order chi connectivity index (χ1) is 11.4. The number of nitrogens with zero attached hydrogens (tertiary/aromatic N) is 1. The maximum absolute atomic E-state index is 13.0. The summed E-state index contributed by atoms with van der Waals surface area (Å²) in [6.07, 6.45) is -0.227. The van der Waals surface area contributed by atoms with Crippen molar-refractivity contribution in [3.8, 4) is 0 Å². The van der Waals surface area contributed by atoms with Crippen LogP contribution in [0.25, 0.3) is 10.9 Å². The molecule has 1 heterocycles. The molecule has 3 aromatic rings. The molecule has 0 saturated carbocycles. The number of carbonyl (C=O) groups excluding carboxylic acids is 1. The Morgan fingerprint density at radius 2 is 1.76 bits per heavy atom. The zero-order valence-corrected chi connectivity index (χ0v) is 17.0. The largest absolute Gasteiger partial charge is 1.00 e. The van der Waals surface area contributed by atoms with E-state index in [0.29, 0.717) is 21.6 Å². The molecule has 0 unspecified atom stereocenters. The maximum atomic E-state index is 13.0. The molecule has 2 aromatic carbocycles. The molecule has 8 heteroatoms. The van der Waals surface area contributed by atoms with Gasteiger partial charge in [0.15, 0.2) is 0 Å². The molecular formula is C17H13ClNNaO4S. The van der Waals surface area contributed by atoms with Crippen LogP contribution in [0.3, 0.4) is 0 Å². The molecule has 1 aromatic heterocycles. The average Bonchev–Trinajstić information content (AvgIpc) is 2.91. The normalized spacial score (nSPS) is 11.2. The SMILES string of the molecule is O=C([O-])CCc1cc2cc(Cl)ccc2n1S(=O)(=O)c1ccccc1.[Na+]. The number of aryl methyl sites for hydroxylation is 1. The number of carboxylic acids is 1. The van der Waals surface area contributed by atoms with Gasteiger partial charge >= 0.3 is 29.6 Å². The average molecular weight is 386 g/mol. The molecular weight excluding hydrogens is 373 g/mol. The van der Waals surface area contributed by atoms with Gasteiger partial charge in [-0.2, -0.15) is 0 Å². The summed E-state index contributed by atoms with van der Waals surface area (Å²) in [5, 5.41) is 11.9. The van der Waals surface area contributed by atoms with Crippen molar-refractivity contribution < 1.29 is 47.9 Å². The Morgan fingerprint density at radius 3 is 2.40 bits per heavy atom. The summed E-state index contributed by atoms with van der Waals surface area (Å²) < 4.78 is 27.2. The minimum atomic E-state index is -3.85. The van der Waals surface area contributed by atoms with Gasteiger partial charge < -0.3 is 9.90 Å². The number of carboxylic acid groups (broad SMARTS) is 1. The Labute approximate surface area is 172 Å². The van der Waals surface area contributed by atoms with Gasteiger partial charge in [-0.25, -0.2) is 12.4 Å². The molecule has 0 N–H and O–H groups in total. The van der Waals surface area contributed by atoms with Crippen LogP contribution in [0.4, 0.5) is 0 Å². The minimum absolute atomic E-state index is 0. The van der Waals surface area contributed by atoms with Crippen molar-refractivity contribution in [2.24, 2.45) is 0 Å². The second kappa shape index (κ2) is 7.93. The molecule has 5 nitrogen and oxygen atoms in total. The quantitative estimate of drug-likeness (QED) is 0.540. The van der Waals surface area contributed by atoms with E-state index in [1.165, 1.54) is 16.1 Å². The van der Waals surface area contributed by atoms with Crippen molar-refractivity contribution in [1.29, 1.82) is 0 Å². The van der Waals surface area contributed by atoms with Gasteiger partial charge in [0.05, 0.1) is 10.4 Å². The Kier molecular flexibility index (Phi) is 6.35. The first-order valence-electron chi connectivity index (χ1n) is 7.20. The van der Waals surface area contributed by atoms with E-state index in [1.807, 2.05) is 0 Å². The van der Waals surface area contributed by atoms with Crippen LogP contribution in [0.5, 0.6) is 0 Å². The number of fused-ring (bicyclic) bond motifs is 1. The fourth-order valence-electron chi connectivity index (χ4n) is 2.60. The summed E-state index contributed by atoms with van der Waals surface area (Å²) in [5.41, 5.74) is 0.830. The molecule has 0 atom stereocenters. The summed E-state index contributed by atoms with van der Waals surface area (Å²) in [7, 11) is -3.85.